The molecular weight excluding hydrogens is 608 g/mol. The third-order valence-corrected chi connectivity index (χ3v) is 8.57. The molecule has 0 aliphatic carbocycles. The zero-order chi connectivity index (χ0) is 36.2. The molecule has 0 aromatic rings. The summed E-state index contributed by atoms with van der Waals surface area (Å²) in [6.07, 6.45) is 37.3. The predicted molar refractivity (Wildman–Crippen MR) is 201 cm³/mol. The summed E-state index contributed by atoms with van der Waals surface area (Å²) in [5, 5.41) is 50.4. The second-order valence-corrected chi connectivity index (χ2v) is 13.6. The van der Waals surface area contributed by atoms with Crippen molar-refractivity contribution in [2.24, 2.45) is 0 Å². The molecule has 0 fully saturated rings. The maximum atomic E-state index is 11.4. The molecule has 0 heterocycles. The van der Waals surface area contributed by atoms with Crippen LogP contribution >= 0.6 is 0 Å². The summed E-state index contributed by atoms with van der Waals surface area (Å²) >= 11 is 0. The monoisotopic (exact) mass is 693 g/mol. The maximum absolute atomic E-state index is 11.4. The van der Waals surface area contributed by atoms with Crippen LogP contribution in [0.5, 0.6) is 0 Å². The van der Waals surface area contributed by atoms with Crippen LogP contribution in [0.25, 0.3) is 0 Å². The fourth-order valence-electron chi connectivity index (χ4n) is 5.32. The quantitative estimate of drug-likeness (QED) is 0.0285. The molecule has 0 saturated carbocycles. The Morgan fingerprint density at radius 1 is 0.417 bits per heavy atom. The fourth-order valence-corrected chi connectivity index (χ4v) is 5.32. The van der Waals surface area contributed by atoms with Gasteiger partial charge in [0.05, 0.1) is 19.8 Å². The molecule has 0 aliphatic rings. The largest absolute Gasteiger partial charge is 0.463 e. The third-order valence-electron chi connectivity index (χ3n) is 8.57. The minimum atomic E-state index is -0.954. The zero-order valence-electron chi connectivity index (χ0n) is 31.9. The lowest BCUT2D eigenvalue weighted by Gasteiger charge is -2.08. The number of hydrogen-bond donors (Lipinski definition) is 6. The molecule has 1 unspecified atom stereocenters. The van der Waals surface area contributed by atoms with E-state index in [2.05, 4.69) is 13.8 Å². The lowest BCUT2D eigenvalue weighted by atomic mass is 10.0. The minimum absolute atomic E-state index is 0.103. The SMILES string of the molecule is CCCCCCCCCCCCCCCCCC(=O)OCC(O)CO.CCCCCCCCCCCCCCCCO.OCC(O)CO. The van der Waals surface area contributed by atoms with Crippen LogP contribution in [0.2, 0.25) is 0 Å². The Bertz CT molecular complexity index is 545. The standard InChI is InChI=1S/C21H42O4.C16H34O.C3H8O3/c1-2-3-4-5-6-7-8-9-10-11-12-13-14-15-16-17-21(24)25-19-20(23)18-22;1-2-3-4-5-6-7-8-9-10-11-12-13-14-15-16-17;4-1-3(6)2-5/h20,22-23H,2-19H2,1H3;17H,2-16H2,1H3;3-6H,1-2H2. The van der Waals surface area contributed by atoms with Crippen LogP contribution < -0.4 is 0 Å². The highest BCUT2D eigenvalue weighted by Crippen LogP contribution is 2.15. The van der Waals surface area contributed by atoms with Crippen LogP contribution in [0, 0.1) is 0 Å². The van der Waals surface area contributed by atoms with Crippen LogP contribution in [0.3, 0.4) is 0 Å². The van der Waals surface area contributed by atoms with Crippen molar-refractivity contribution < 1.29 is 40.2 Å². The van der Waals surface area contributed by atoms with Gasteiger partial charge in [-0.2, -0.15) is 0 Å². The molecule has 292 valence electrons. The number of aliphatic hydroxyl groups excluding tert-OH is 6. The van der Waals surface area contributed by atoms with E-state index in [1.165, 1.54) is 167 Å². The van der Waals surface area contributed by atoms with E-state index in [4.69, 9.17) is 35.4 Å². The first-order valence-electron chi connectivity index (χ1n) is 20.4. The molecule has 6 N–H and O–H groups in total. The highest BCUT2D eigenvalue weighted by atomic mass is 16.5. The van der Waals surface area contributed by atoms with Gasteiger partial charge in [-0.05, 0) is 12.8 Å². The molecule has 1 atom stereocenters. The molecule has 0 aromatic heterocycles. The van der Waals surface area contributed by atoms with Gasteiger partial charge >= 0.3 is 5.97 Å². The van der Waals surface area contributed by atoms with Crippen molar-refractivity contribution >= 4 is 5.97 Å². The molecule has 8 nitrogen and oxygen atoms in total. The first kappa shape index (κ1) is 51.6. The average molecular weight is 693 g/mol. The lowest BCUT2D eigenvalue weighted by Crippen LogP contribution is -2.21. The Balaban J connectivity index is -0.000000755. The van der Waals surface area contributed by atoms with E-state index in [-0.39, 0.29) is 32.4 Å². The lowest BCUT2D eigenvalue weighted by molar-refractivity contribution is -0.147. The second kappa shape index (κ2) is 48.3. The van der Waals surface area contributed by atoms with Crippen molar-refractivity contribution in [2.75, 3.05) is 33.0 Å². The molecule has 0 spiro atoms. The molecule has 48 heavy (non-hydrogen) atoms. The number of esters is 1. The van der Waals surface area contributed by atoms with E-state index in [0.29, 0.717) is 13.0 Å². The number of hydrogen-bond acceptors (Lipinski definition) is 8. The van der Waals surface area contributed by atoms with Crippen molar-refractivity contribution in [2.45, 2.75) is 219 Å². The van der Waals surface area contributed by atoms with Gasteiger partial charge in [-0.15, -0.1) is 0 Å². The molecular formula is C40H84O8. The Labute approximate surface area is 297 Å². The summed E-state index contributed by atoms with van der Waals surface area (Å²) in [7, 11) is 0. The van der Waals surface area contributed by atoms with Crippen LogP contribution in [-0.2, 0) is 9.53 Å². The molecule has 0 amide bonds. The molecule has 0 rings (SSSR count). The van der Waals surface area contributed by atoms with Gasteiger partial charge in [-0.3, -0.25) is 4.79 Å². The Kier molecular flexibility index (Phi) is 52.0. The highest BCUT2D eigenvalue weighted by Gasteiger charge is 2.07. The van der Waals surface area contributed by atoms with Gasteiger partial charge < -0.3 is 35.4 Å². The molecule has 0 aromatic carbocycles. The number of ether oxygens (including phenoxy) is 1. The molecule has 0 aliphatic heterocycles. The number of carbonyl (C=O) groups is 1. The molecule has 0 saturated heterocycles. The number of unbranched alkanes of at least 4 members (excludes halogenated alkanes) is 27. The highest BCUT2D eigenvalue weighted by molar-refractivity contribution is 5.69. The summed E-state index contributed by atoms with van der Waals surface area (Å²) in [5.41, 5.74) is 0. The first-order valence-corrected chi connectivity index (χ1v) is 20.4. The van der Waals surface area contributed by atoms with E-state index in [1.807, 2.05) is 0 Å². The van der Waals surface area contributed by atoms with Gasteiger partial charge in [-0.1, -0.05) is 187 Å². The maximum Gasteiger partial charge on any atom is 0.305 e. The molecule has 0 radical (unpaired) electrons. The van der Waals surface area contributed by atoms with E-state index >= 15 is 0 Å². The number of rotatable bonds is 35. The summed E-state index contributed by atoms with van der Waals surface area (Å²) in [6, 6.07) is 0. The Morgan fingerprint density at radius 3 is 0.938 bits per heavy atom. The van der Waals surface area contributed by atoms with Gasteiger partial charge in [0.25, 0.3) is 0 Å². The molecule has 8 heteroatoms. The summed E-state index contributed by atoms with van der Waals surface area (Å²) in [6.45, 7) is 3.72. The van der Waals surface area contributed by atoms with Crippen molar-refractivity contribution in [1.29, 1.82) is 0 Å². The van der Waals surface area contributed by atoms with Crippen LogP contribution in [0.4, 0.5) is 0 Å². The van der Waals surface area contributed by atoms with E-state index in [9.17, 15) is 4.79 Å². The van der Waals surface area contributed by atoms with Crippen molar-refractivity contribution in [3.8, 4) is 0 Å². The molecule has 0 bridgehead atoms. The second-order valence-electron chi connectivity index (χ2n) is 13.6. The van der Waals surface area contributed by atoms with Crippen molar-refractivity contribution in [3.63, 3.8) is 0 Å². The van der Waals surface area contributed by atoms with Crippen LogP contribution in [0.1, 0.15) is 206 Å². The fraction of sp³-hybridized carbons (Fsp3) is 0.975. The van der Waals surface area contributed by atoms with Gasteiger partial charge in [-0.25, -0.2) is 0 Å². The Morgan fingerprint density at radius 2 is 0.688 bits per heavy atom. The van der Waals surface area contributed by atoms with Gasteiger partial charge in [0.15, 0.2) is 0 Å². The van der Waals surface area contributed by atoms with Gasteiger partial charge in [0.2, 0.25) is 0 Å². The van der Waals surface area contributed by atoms with E-state index < -0.39 is 12.2 Å². The number of carbonyl (C=O) groups excluding carboxylic acids is 1. The summed E-state index contributed by atoms with van der Waals surface area (Å²) < 4.78 is 4.86. The van der Waals surface area contributed by atoms with Crippen LogP contribution in [-0.4, -0.2) is 81.9 Å². The topological polar surface area (TPSA) is 148 Å². The normalized spacial score (nSPS) is 11.5. The summed E-state index contributed by atoms with van der Waals surface area (Å²) in [4.78, 5) is 11.4. The number of aliphatic hydroxyl groups is 6. The van der Waals surface area contributed by atoms with Crippen molar-refractivity contribution in [3.05, 3.63) is 0 Å². The predicted octanol–water partition coefficient (Wildman–Crippen LogP) is 8.94. The van der Waals surface area contributed by atoms with Gasteiger partial charge in [0, 0.05) is 13.0 Å². The van der Waals surface area contributed by atoms with Gasteiger partial charge in [0.1, 0.15) is 18.8 Å². The minimum Gasteiger partial charge on any atom is -0.463 e. The van der Waals surface area contributed by atoms with E-state index in [0.717, 1.165) is 19.3 Å². The van der Waals surface area contributed by atoms with Crippen LogP contribution in [0.15, 0.2) is 0 Å². The Hall–Kier alpha value is -0.770. The average Bonchev–Trinajstić information content (AvgIpc) is 3.11. The zero-order valence-corrected chi connectivity index (χ0v) is 31.9. The summed E-state index contributed by atoms with van der Waals surface area (Å²) in [5.74, 6) is -0.276. The smallest absolute Gasteiger partial charge is 0.305 e. The van der Waals surface area contributed by atoms with Crippen molar-refractivity contribution in [1.82, 2.24) is 0 Å². The third kappa shape index (κ3) is 52.1. The van der Waals surface area contributed by atoms with E-state index in [1.54, 1.807) is 0 Å². The first-order chi connectivity index (χ1) is 23.4.